The van der Waals surface area contributed by atoms with Crippen molar-refractivity contribution in [3.05, 3.63) is 34.9 Å². The predicted molar refractivity (Wildman–Crippen MR) is 97.5 cm³/mol. The van der Waals surface area contributed by atoms with Crippen LogP contribution < -0.4 is 5.32 Å². The number of carbonyl (C=O) groups is 1. The van der Waals surface area contributed by atoms with Crippen LogP contribution in [0.25, 0.3) is 0 Å². The first-order valence-corrected chi connectivity index (χ1v) is 8.76. The Bertz CT molecular complexity index is 544. The fourth-order valence-electron chi connectivity index (χ4n) is 4.09. The highest BCUT2D eigenvalue weighted by molar-refractivity contribution is 6.30. The molecular formula is C18H26Cl2N2O. The van der Waals surface area contributed by atoms with Gasteiger partial charge in [-0.05, 0) is 50.4 Å². The van der Waals surface area contributed by atoms with E-state index in [-0.39, 0.29) is 17.8 Å². The Labute approximate surface area is 150 Å². The lowest BCUT2D eigenvalue weighted by Gasteiger charge is -2.39. The zero-order valence-corrected chi connectivity index (χ0v) is 15.3. The second-order valence-electron chi connectivity index (χ2n) is 6.68. The molecule has 2 aliphatic rings. The van der Waals surface area contributed by atoms with Crippen molar-refractivity contribution < 1.29 is 4.79 Å². The zero-order valence-electron chi connectivity index (χ0n) is 13.7. The van der Waals surface area contributed by atoms with Crippen molar-refractivity contribution in [1.29, 1.82) is 0 Å². The molecule has 1 atom stereocenters. The molecule has 1 unspecified atom stereocenters. The second-order valence-corrected chi connectivity index (χ2v) is 7.11. The molecule has 3 nitrogen and oxygen atoms in total. The number of piperidine rings is 1. The smallest absolute Gasteiger partial charge is 0.233 e. The number of nitrogens with one attached hydrogen (secondary N) is 1. The van der Waals surface area contributed by atoms with Gasteiger partial charge in [0.25, 0.3) is 0 Å². The lowest BCUT2D eigenvalue weighted by molar-refractivity contribution is -0.138. The van der Waals surface area contributed by atoms with E-state index >= 15 is 0 Å². The van der Waals surface area contributed by atoms with Gasteiger partial charge in [-0.1, -0.05) is 36.6 Å². The fraction of sp³-hybridized carbons (Fsp3) is 0.611. The number of nitrogens with zero attached hydrogens (tertiary/aromatic N) is 1. The van der Waals surface area contributed by atoms with Gasteiger partial charge in [0.05, 0.1) is 5.41 Å². The highest BCUT2D eigenvalue weighted by atomic mass is 35.5. The minimum absolute atomic E-state index is 0. The number of carbonyl (C=O) groups excluding carboxylic acids is 1. The number of rotatable bonds is 3. The van der Waals surface area contributed by atoms with E-state index in [1.165, 1.54) is 0 Å². The summed E-state index contributed by atoms with van der Waals surface area (Å²) >= 11 is 6.19. The van der Waals surface area contributed by atoms with Crippen molar-refractivity contribution in [2.24, 2.45) is 0 Å². The number of hydrogen-bond donors (Lipinski definition) is 1. The maximum absolute atomic E-state index is 13.4. The molecular weight excluding hydrogens is 331 g/mol. The number of halogens is 2. The molecule has 1 aliphatic heterocycles. The summed E-state index contributed by atoms with van der Waals surface area (Å²) < 4.78 is 0. The molecule has 1 amide bonds. The summed E-state index contributed by atoms with van der Waals surface area (Å²) in [6.07, 6.45) is 6.40. The Morgan fingerprint density at radius 2 is 2.04 bits per heavy atom. The third-order valence-corrected chi connectivity index (χ3v) is 5.60. The average Bonchev–Trinajstić information content (AvgIpc) is 3.05. The third-order valence-electron chi connectivity index (χ3n) is 5.36. The van der Waals surface area contributed by atoms with Gasteiger partial charge >= 0.3 is 0 Å². The van der Waals surface area contributed by atoms with Crippen LogP contribution in [-0.4, -0.2) is 37.0 Å². The normalized spacial score (nSPS) is 23.4. The SMILES string of the molecule is CNC1CCCN(C(=O)C2(c3cccc(Cl)c3)CCCC2)C1.Cl. The molecule has 1 aromatic carbocycles. The average molecular weight is 357 g/mol. The van der Waals surface area contributed by atoms with E-state index in [0.717, 1.165) is 62.2 Å². The third kappa shape index (κ3) is 3.67. The van der Waals surface area contributed by atoms with Crippen molar-refractivity contribution in [2.45, 2.75) is 50.0 Å². The van der Waals surface area contributed by atoms with Crippen LogP contribution in [0.2, 0.25) is 5.02 Å². The molecule has 0 bridgehead atoms. The van der Waals surface area contributed by atoms with Crippen LogP contribution in [0.3, 0.4) is 0 Å². The molecule has 5 heteroatoms. The molecule has 0 radical (unpaired) electrons. The van der Waals surface area contributed by atoms with Gasteiger partial charge in [-0.3, -0.25) is 4.79 Å². The maximum Gasteiger partial charge on any atom is 0.233 e. The van der Waals surface area contributed by atoms with E-state index in [1.807, 2.05) is 25.2 Å². The zero-order chi connectivity index (χ0) is 15.6. The van der Waals surface area contributed by atoms with Gasteiger partial charge in [0.2, 0.25) is 5.91 Å². The van der Waals surface area contributed by atoms with Crippen molar-refractivity contribution in [1.82, 2.24) is 10.2 Å². The molecule has 1 N–H and O–H groups in total. The summed E-state index contributed by atoms with van der Waals surface area (Å²) in [5, 5.41) is 4.05. The summed E-state index contributed by atoms with van der Waals surface area (Å²) in [5.41, 5.74) is 0.759. The van der Waals surface area contributed by atoms with E-state index < -0.39 is 0 Å². The lowest BCUT2D eigenvalue weighted by atomic mass is 9.77. The number of hydrogen-bond acceptors (Lipinski definition) is 2. The molecule has 1 heterocycles. The summed E-state index contributed by atoms with van der Waals surface area (Å²) in [4.78, 5) is 15.4. The van der Waals surface area contributed by atoms with Crippen molar-refractivity contribution in [2.75, 3.05) is 20.1 Å². The number of amides is 1. The predicted octanol–water partition coefficient (Wildman–Crippen LogP) is 3.78. The van der Waals surface area contributed by atoms with Crippen LogP contribution >= 0.6 is 24.0 Å². The Balaban J connectivity index is 0.00000192. The number of benzene rings is 1. The number of likely N-dealkylation sites (tertiary alicyclic amines) is 1. The summed E-state index contributed by atoms with van der Waals surface area (Å²) in [6.45, 7) is 1.72. The van der Waals surface area contributed by atoms with Gasteiger partial charge < -0.3 is 10.2 Å². The van der Waals surface area contributed by atoms with Crippen molar-refractivity contribution in [3.8, 4) is 0 Å². The lowest BCUT2D eigenvalue weighted by Crippen LogP contribution is -2.52. The molecule has 1 saturated carbocycles. The summed E-state index contributed by atoms with van der Waals surface area (Å²) in [7, 11) is 1.99. The largest absolute Gasteiger partial charge is 0.340 e. The Kier molecular flexibility index (Phi) is 6.35. The van der Waals surface area contributed by atoms with Crippen molar-refractivity contribution in [3.63, 3.8) is 0 Å². The van der Waals surface area contributed by atoms with Crippen LogP contribution in [-0.2, 0) is 10.2 Å². The van der Waals surface area contributed by atoms with Crippen LogP contribution in [0.15, 0.2) is 24.3 Å². The minimum atomic E-state index is -0.347. The standard InChI is InChI=1S/C18H25ClN2O.ClH/c1-20-16-8-5-11-21(13-16)17(22)18(9-2-3-10-18)14-6-4-7-15(19)12-14;/h4,6-7,12,16,20H,2-3,5,8-11,13H2,1H3;1H. The topological polar surface area (TPSA) is 32.3 Å². The molecule has 128 valence electrons. The summed E-state index contributed by atoms with van der Waals surface area (Å²) in [5.74, 6) is 0.312. The molecule has 1 aromatic rings. The van der Waals surface area contributed by atoms with E-state index in [0.29, 0.717) is 11.9 Å². The van der Waals surface area contributed by atoms with Gasteiger partial charge in [0, 0.05) is 24.2 Å². The first kappa shape index (κ1) is 18.6. The summed E-state index contributed by atoms with van der Waals surface area (Å²) in [6, 6.07) is 8.35. The van der Waals surface area contributed by atoms with E-state index in [1.54, 1.807) is 0 Å². The van der Waals surface area contributed by atoms with Crippen LogP contribution in [0.4, 0.5) is 0 Å². The molecule has 1 saturated heterocycles. The van der Waals surface area contributed by atoms with Crippen molar-refractivity contribution >= 4 is 29.9 Å². The molecule has 3 rings (SSSR count). The minimum Gasteiger partial charge on any atom is -0.340 e. The molecule has 0 spiro atoms. The highest BCUT2D eigenvalue weighted by Crippen LogP contribution is 2.43. The molecule has 1 aliphatic carbocycles. The first-order chi connectivity index (χ1) is 10.7. The Morgan fingerprint density at radius 1 is 1.30 bits per heavy atom. The quantitative estimate of drug-likeness (QED) is 0.893. The number of likely N-dealkylation sites (N-methyl/N-ethyl adjacent to an activating group) is 1. The van der Waals surface area contributed by atoms with Gasteiger partial charge in [0.15, 0.2) is 0 Å². The van der Waals surface area contributed by atoms with E-state index in [4.69, 9.17) is 11.6 Å². The van der Waals surface area contributed by atoms with E-state index in [9.17, 15) is 4.79 Å². The molecule has 23 heavy (non-hydrogen) atoms. The van der Waals surface area contributed by atoms with Gasteiger partial charge in [-0.2, -0.15) is 0 Å². The molecule has 2 fully saturated rings. The Hall–Kier alpha value is -0.770. The first-order valence-electron chi connectivity index (χ1n) is 8.38. The van der Waals surface area contributed by atoms with Gasteiger partial charge in [-0.25, -0.2) is 0 Å². The van der Waals surface area contributed by atoms with Gasteiger partial charge in [-0.15, -0.1) is 12.4 Å². The Morgan fingerprint density at radius 3 is 2.70 bits per heavy atom. The highest BCUT2D eigenvalue weighted by Gasteiger charge is 2.45. The van der Waals surface area contributed by atoms with Crippen LogP contribution in [0.1, 0.15) is 44.1 Å². The fourth-order valence-corrected chi connectivity index (χ4v) is 4.28. The maximum atomic E-state index is 13.4. The molecule has 0 aromatic heterocycles. The second kappa shape index (κ2) is 7.87. The van der Waals surface area contributed by atoms with Crippen LogP contribution in [0, 0.1) is 0 Å². The van der Waals surface area contributed by atoms with Gasteiger partial charge in [0.1, 0.15) is 0 Å². The van der Waals surface area contributed by atoms with Crippen LogP contribution in [0.5, 0.6) is 0 Å². The van der Waals surface area contributed by atoms with E-state index in [2.05, 4.69) is 16.3 Å². The monoisotopic (exact) mass is 356 g/mol.